The summed E-state index contributed by atoms with van der Waals surface area (Å²) in [6.07, 6.45) is 0. The van der Waals surface area contributed by atoms with E-state index in [9.17, 15) is 10.1 Å². The summed E-state index contributed by atoms with van der Waals surface area (Å²) in [4.78, 5) is 15.4. The molecule has 0 aliphatic carbocycles. The SMILES string of the molecule is CC(Nc1ccc([N+](=O)[O-])c(-c2ccccc2)n1)c1ccc(C#N)cc1. The fraction of sp³-hybridized carbons (Fsp3) is 0.100. The van der Waals surface area contributed by atoms with Crippen molar-refractivity contribution >= 4 is 11.5 Å². The van der Waals surface area contributed by atoms with Crippen molar-refractivity contribution in [1.29, 1.82) is 5.26 Å². The van der Waals surface area contributed by atoms with E-state index in [4.69, 9.17) is 5.26 Å². The van der Waals surface area contributed by atoms with Gasteiger partial charge in [0, 0.05) is 17.7 Å². The summed E-state index contributed by atoms with van der Waals surface area (Å²) in [5.41, 5.74) is 2.57. The number of benzene rings is 2. The minimum atomic E-state index is -0.427. The van der Waals surface area contributed by atoms with E-state index in [0.29, 0.717) is 22.6 Å². The third-order valence-corrected chi connectivity index (χ3v) is 4.02. The number of hydrogen-bond donors (Lipinski definition) is 1. The van der Waals surface area contributed by atoms with Gasteiger partial charge in [-0.3, -0.25) is 10.1 Å². The number of pyridine rings is 1. The minimum Gasteiger partial charge on any atom is -0.364 e. The Labute approximate surface area is 150 Å². The molecule has 6 nitrogen and oxygen atoms in total. The highest BCUT2D eigenvalue weighted by atomic mass is 16.6. The zero-order valence-electron chi connectivity index (χ0n) is 14.1. The quantitative estimate of drug-likeness (QED) is 0.535. The summed E-state index contributed by atoms with van der Waals surface area (Å²) in [6.45, 7) is 1.96. The van der Waals surface area contributed by atoms with Crippen LogP contribution in [-0.4, -0.2) is 9.91 Å². The van der Waals surface area contributed by atoms with E-state index in [-0.39, 0.29) is 11.7 Å². The molecule has 0 bridgehead atoms. The largest absolute Gasteiger partial charge is 0.364 e. The van der Waals surface area contributed by atoms with Gasteiger partial charge in [0.05, 0.1) is 16.6 Å². The summed E-state index contributed by atoms with van der Waals surface area (Å²) < 4.78 is 0. The summed E-state index contributed by atoms with van der Waals surface area (Å²) in [7, 11) is 0. The predicted molar refractivity (Wildman–Crippen MR) is 99.5 cm³/mol. The van der Waals surface area contributed by atoms with Crippen molar-refractivity contribution in [2.24, 2.45) is 0 Å². The van der Waals surface area contributed by atoms with Crippen molar-refractivity contribution in [1.82, 2.24) is 4.98 Å². The second-order valence-electron chi connectivity index (χ2n) is 5.79. The van der Waals surface area contributed by atoms with Gasteiger partial charge in [-0.15, -0.1) is 0 Å². The molecule has 1 heterocycles. The van der Waals surface area contributed by atoms with Crippen LogP contribution >= 0.6 is 0 Å². The molecule has 1 unspecified atom stereocenters. The average Bonchev–Trinajstić information content (AvgIpc) is 2.68. The second-order valence-corrected chi connectivity index (χ2v) is 5.79. The molecule has 3 aromatic rings. The molecule has 0 spiro atoms. The molecule has 26 heavy (non-hydrogen) atoms. The Balaban J connectivity index is 1.91. The number of anilines is 1. The van der Waals surface area contributed by atoms with Crippen LogP contribution in [0.3, 0.4) is 0 Å². The van der Waals surface area contributed by atoms with Crippen LogP contribution < -0.4 is 5.32 Å². The maximum absolute atomic E-state index is 11.3. The molecular formula is C20H16N4O2. The van der Waals surface area contributed by atoms with Crippen molar-refractivity contribution < 1.29 is 4.92 Å². The Morgan fingerprint density at radius 1 is 1.08 bits per heavy atom. The highest BCUT2D eigenvalue weighted by molar-refractivity contribution is 5.71. The molecule has 1 atom stereocenters. The lowest BCUT2D eigenvalue weighted by atomic mass is 10.1. The van der Waals surface area contributed by atoms with Gasteiger partial charge >= 0.3 is 0 Å². The van der Waals surface area contributed by atoms with Crippen molar-refractivity contribution in [2.75, 3.05) is 5.32 Å². The number of hydrogen-bond acceptors (Lipinski definition) is 5. The first-order valence-electron chi connectivity index (χ1n) is 8.06. The van der Waals surface area contributed by atoms with E-state index >= 15 is 0 Å². The zero-order valence-corrected chi connectivity index (χ0v) is 14.1. The number of rotatable bonds is 5. The molecule has 3 rings (SSSR count). The number of nitrogens with zero attached hydrogens (tertiary/aromatic N) is 3. The molecule has 1 N–H and O–H groups in total. The molecule has 0 amide bonds. The lowest BCUT2D eigenvalue weighted by Gasteiger charge is -2.16. The monoisotopic (exact) mass is 344 g/mol. The van der Waals surface area contributed by atoms with Crippen molar-refractivity contribution in [3.63, 3.8) is 0 Å². The lowest BCUT2D eigenvalue weighted by molar-refractivity contribution is -0.384. The van der Waals surface area contributed by atoms with E-state index in [1.165, 1.54) is 6.07 Å². The number of aromatic nitrogens is 1. The zero-order chi connectivity index (χ0) is 18.5. The van der Waals surface area contributed by atoms with E-state index in [1.807, 2.05) is 37.3 Å². The fourth-order valence-electron chi connectivity index (χ4n) is 2.64. The van der Waals surface area contributed by atoms with Gasteiger partial charge in [-0.25, -0.2) is 4.98 Å². The molecule has 6 heteroatoms. The lowest BCUT2D eigenvalue weighted by Crippen LogP contribution is -2.08. The van der Waals surface area contributed by atoms with Crippen LogP contribution in [-0.2, 0) is 0 Å². The number of nitro groups is 1. The van der Waals surface area contributed by atoms with Gasteiger partial charge in [0.15, 0.2) is 5.69 Å². The van der Waals surface area contributed by atoms with Gasteiger partial charge in [-0.2, -0.15) is 5.26 Å². The smallest absolute Gasteiger partial charge is 0.295 e. The summed E-state index contributed by atoms with van der Waals surface area (Å²) in [5, 5.41) is 23.5. The fourth-order valence-corrected chi connectivity index (χ4v) is 2.64. The molecule has 0 aliphatic rings. The molecular weight excluding hydrogens is 328 g/mol. The topological polar surface area (TPSA) is 91.8 Å². The van der Waals surface area contributed by atoms with E-state index in [0.717, 1.165) is 5.56 Å². The second kappa shape index (κ2) is 7.45. The Morgan fingerprint density at radius 2 is 1.77 bits per heavy atom. The molecule has 0 saturated heterocycles. The van der Waals surface area contributed by atoms with Gasteiger partial charge in [0.1, 0.15) is 5.82 Å². The van der Waals surface area contributed by atoms with Crippen LogP contribution in [0.25, 0.3) is 11.3 Å². The van der Waals surface area contributed by atoms with Gasteiger partial charge < -0.3 is 5.32 Å². The van der Waals surface area contributed by atoms with Gasteiger partial charge in [0.25, 0.3) is 5.69 Å². The van der Waals surface area contributed by atoms with Gasteiger partial charge in [-0.05, 0) is 30.7 Å². The number of nitrogens with one attached hydrogen (secondary N) is 1. The van der Waals surface area contributed by atoms with Crippen molar-refractivity contribution in [3.8, 4) is 17.3 Å². The molecule has 1 aromatic heterocycles. The summed E-state index contributed by atoms with van der Waals surface area (Å²) >= 11 is 0. The molecule has 0 radical (unpaired) electrons. The summed E-state index contributed by atoms with van der Waals surface area (Å²) in [6, 6.07) is 21.4. The minimum absolute atomic E-state index is 0.0345. The Morgan fingerprint density at radius 3 is 2.38 bits per heavy atom. The van der Waals surface area contributed by atoms with E-state index in [2.05, 4.69) is 16.4 Å². The molecule has 128 valence electrons. The van der Waals surface area contributed by atoms with Crippen LogP contribution in [0, 0.1) is 21.4 Å². The van der Waals surface area contributed by atoms with Gasteiger partial charge in [0.2, 0.25) is 0 Å². The standard InChI is InChI=1S/C20H16N4O2/c1-14(16-9-7-15(13-21)8-10-16)22-19-12-11-18(24(25)26)20(23-19)17-5-3-2-4-6-17/h2-12,14H,1H3,(H,22,23). The Bertz CT molecular complexity index is 963. The molecule has 0 saturated carbocycles. The average molecular weight is 344 g/mol. The molecule has 0 aliphatic heterocycles. The maximum atomic E-state index is 11.3. The van der Waals surface area contributed by atoms with E-state index in [1.54, 1.807) is 30.3 Å². The third-order valence-electron chi connectivity index (χ3n) is 4.02. The van der Waals surface area contributed by atoms with E-state index < -0.39 is 4.92 Å². The van der Waals surface area contributed by atoms with Gasteiger partial charge in [-0.1, -0.05) is 42.5 Å². The molecule has 0 fully saturated rings. The maximum Gasteiger partial charge on any atom is 0.295 e. The van der Waals surface area contributed by atoms with Crippen LogP contribution in [0.1, 0.15) is 24.1 Å². The van der Waals surface area contributed by atoms with Crippen LogP contribution in [0.4, 0.5) is 11.5 Å². The first-order valence-corrected chi connectivity index (χ1v) is 8.06. The molecule has 2 aromatic carbocycles. The highest BCUT2D eigenvalue weighted by Crippen LogP contribution is 2.30. The first kappa shape index (κ1) is 17.1. The van der Waals surface area contributed by atoms with Crippen molar-refractivity contribution in [2.45, 2.75) is 13.0 Å². The van der Waals surface area contributed by atoms with Crippen LogP contribution in [0.15, 0.2) is 66.7 Å². The number of nitriles is 1. The van der Waals surface area contributed by atoms with Crippen LogP contribution in [0.2, 0.25) is 0 Å². The summed E-state index contributed by atoms with van der Waals surface area (Å²) in [5.74, 6) is 0.548. The third kappa shape index (κ3) is 3.68. The predicted octanol–water partition coefficient (Wildman–Crippen LogP) is 4.70. The highest BCUT2D eigenvalue weighted by Gasteiger charge is 2.18. The Hall–Kier alpha value is -3.72. The van der Waals surface area contributed by atoms with Crippen LogP contribution in [0.5, 0.6) is 0 Å². The first-order chi connectivity index (χ1) is 12.6. The Kier molecular flexibility index (Phi) is 4.90. The normalized spacial score (nSPS) is 11.4. The van der Waals surface area contributed by atoms with Crippen molar-refractivity contribution in [3.05, 3.63) is 88.0 Å².